The fraction of sp³-hybridized carbons (Fsp3) is 0.667. The molecule has 21 heavy (non-hydrogen) atoms. The second-order valence-corrected chi connectivity index (χ2v) is 7.04. The van der Waals surface area contributed by atoms with E-state index in [0.717, 1.165) is 30.6 Å². The van der Waals surface area contributed by atoms with E-state index in [4.69, 9.17) is 9.47 Å². The molecule has 1 fully saturated rings. The highest BCUT2D eigenvalue weighted by atomic mass is 16.5. The Morgan fingerprint density at radius 1 is 1.19 bits per heavy atom. The standard InChI is InChI=1S/C18H29NO2/c1-18(2,3)19-12-15-11-16(20-4)9-10-17(15)21-13-14-7-5-6-8-14/h9-11,14,19H,5-8,12-13H2,1-4H3. The third kappa shape index (κ3) is 5.24. The Kier molecular flexibility index (Phi) is 5.51. The smallest absolute Gasteiger partial charge is 0.124 e. The summed E-state index contributed by atoms with van der Waals surface area (Å²) in [7, 11) is 1.70. The summed E-state index contributed by atoms with van der Waals surface area (Å²) < 4.78 is 11.4. The molecule has 1 aliphatic carbocycles. The maximum absolute atomic E-state index is 6.09. The third-order valence-electron chi connectivity index (χ3n) is 4.03. The van der Waals surface area contributed by atoms with Crippen LogP contribution in [0.3, 0.4) is 0 Å². The molecule has 0 aromatic heterocycles. The van der Waals surface area contributed by atoms with E-state index in [9.17, 15) is 0 Å². The van der Waals surface area contributed by atoms with E-state index in [2.05, 4.69) is 32.2 Å². The van der Waals surface area contributed by atoms with E-state index in [1.807, 2.05) is 12.1 Å². The highest BCUT2D eigenvalue weighted by Crippen LogP contribution is 2.28. The number of hydrogen-bond acceptors (Lipinski definition) is 3. The maximum atomic E-state index is 6.09. The minimum absolute atomic E-state index is 0.0891. The molecule has 0 aliphatic heterocycles. The molecule has 1 saturated carbocycles. The molecule has 0 radical (unpaired) electrons. The molecule has 3 heteroatoms. The average molecular weight is 291 g/mol. The lowest BCUT2D eigenvalue weighted by molar-refractivity contribution is 0.248. The molecule has 0 heterocycles. The van der Waals surface area contributed by atoms with Crippen molar-refractivity contribution in [2.75, 3.05) is 13.7 Å². The molecule has 0 unspecified atom stereocenters. The van der Waals surface area contributed by atoms with Gasteiger partial charge in [0, 0.05) is 17.6 Å². The summed E-state index contributed by atoms with van der Waals surface area (Å²) in [6, 6.07) is 6.08. The Labute approximate surface area is 129 Å². The monoisotopic (exact) mass is 291 g/mol. The second kappa shape index (κ2) is 7.17. The van der Waals surface area contributed by atoms with Crippen molar-refractivity contribution in [3.8, 4) is 11.5 Å². The molecule has 2 rings (SSSR count). The van der Waals surface area contributed by atoms with Crippen molar-refractivity contribution < 1.29 is 9.47 Å². The van der Waals surface area contributed by atoms with Crippen molar-refractivity contribution in [3.05, 3.63) is 23.8 Å². The molecule has 118 valence electrons. The van der Waals surface area contributed by atoms with Crippen LogP contribution in [0.25, 0.3) is 0 Å². The second-order valence-electron chi connectivity index (χ2n) is 7.04. The molecule has 3 nitrogen and oxygen atoms in total. The molecule has 0 saturated heterocycles. The molecule has 0 atom stereocenters. The Hall–Kier alpha value is -1.22. The Bertz CT molecular complexity index is 445. The van der Waals surface area contributed by atoms with Crippen LogP contribution in [0.2, 0.25) is 0 Å². The van der Waals surface area contributed by atoms with Crippen molar-refractivity contribution in [2.45, 2.75) is 58.5 Å². The fourth-order valence-electron chi connectivity index (χ4n) is 2.71. The number of benzene rings is 1. The Balaban J connectivity index is 2.03. The first-order valence-corrected chi connectivity index (χ1v) is 8.03. The van der Waals surface area contributed by atoms with E-state index < -0.39 is 0 Å². The van der Waals surface area contributed by atoms with Gasteiger partial charge in [-0.05, 0) is 57.7 Å². The lowest BCUT2D eigenvalue weighted by Gasteiger charge is -2.22. The summed E-state index contributed by atoms with van der Waals surface area (Å²) >= 11 is 0. The first-order valence-electron chi connectivity index (χ1n) is 8.03. The van der Waals surface area contributed by atoms with Crippen LogP contribution in [-0.4, -0.2) is 19.3 Å². The zero-order valence-electron chi connectivity index (χ0n) is 13.9. The molecule has 0 spiro atoms. The summed E-state index contributed by atoms with van der Waals surface area (Å²) in [5, 5.41) is 3.52. The molecule has 0 amide bonds. The number of hydrogen-bond donors (Lipinski definition) is 1. The number of rotatable bonds is 6. The predicted octanol–water partition coefficient (Wildman–Crippen LogP) is 4.15. The number of methoxy groups -OCH3 is 1. The van der Waals surface area contributed by atoms with Gasteiger partial charge in [0.25, 0.3) is 0 Å². The van der Waals surface area contributed by atoms with Crippen molar-refractivity contribution in [1.82, 2.24) is 5.32 Å². The average Bonchev–Trinajstić information content (AvgIpc) is 2.95. The summed E-state index contributed by atoms with van der Waals surface area (Å²) in [4.78, 5) is 0. The minimum atomic E-state index is 0.0891. The van der Waals surface area contributed by atoms with Crippen LogP contribution in [0.5, 0.6) is 11.5 Å². The van der Waals surface area contributed by atoms with Crippen LogP contribution < -0.4 is 14.8 Å². The summed E-state index contributed by atoms with van der Waals surface area (Å²) in [6.45, 7) is 8.15. The van der Waals surface area contributed by atoms with Crippen LogP contribution in [0.1, 0.15) is 52.0 Å². The maximum Gasteiger partial charge on any atom is 0.124 e. The van der Waals surface area contributed by atoms with Gasteiger partial charge >= 0.3 is 0 Å². The Morgan fingerprint density at radius 3 is 2.52 bits per heavy atom. The molecule has 0 bridgehead atoms. The van der Waals surface area contributed by atoms with Gasteiger partial charge in [-0.3, -0.25) is 0 Å². The topological polar surface area (TPSA) is 30.5 Å². The van der Waals surface area contributed by atoms with Crippen molar-refractivity contribution in [2.24, 2.45) is 5.92 Å². The summed E-state index contributed by atoms with van der Waals surface area (Å²) in [6.07, 6.45) is 5.33. The van der Waals surface area contributed by atoms with Gasteiger partial charge in [-0.1, -0.05) is 12.8 Å². The highest BCUT2D eigenvalue weighted by Gasteiger charge is 2.17. The first kappa shape index (κ1) is 16.2. The SMILES string of the molecule is COc1ccc(OCC2CCCC2)c(CNC(C)(C)C)c1. The Morgan fingerprint density at radius 2 is 1.90 bits per heavy atom. The quantitative estimate of drug-likeness (QED) is 0.854. The zero-order chi connectivity index (χ0) is 15.3. The predicted molar refractivity (Wildman–Crippen MR) is 87.0 cm³/mol. The van der Waals surface area contributed by atoms with Gasteiger partial charge in [-0.25, -0.2) is 0 Å². The van der Waals surface area contributed by atoms with Gasteiger partial charge in [0.2, 0.25) is 0 Å². The minimum Gasteiger partial charge on any atom is -0.497 e. The van der Waals surface area contributed by atoms with E-state index in [1.54, 1.807) is 7.11 Å². The normalized spacial score (nSPS) is 16.2. The fourth-order valence-corrected chi connectivity index (χ4v) is 2.71. The van der Waals surface area contributed by atoms with Gasteiger partial charge in [-0.15, -0.1) is 0 Å². The number of nitrogens with one attached hydrogen (secondary N) is 1. The highest BCUT2D eigenvalue weighted by molar-refractivity contribution is 5.40. The van der Waals surface area contributed by atoms with Crippen LogP contribution in [0, 0.1) is 5.92 Å². The van der Waals surface area contributed by atoms with E-state index in [0.29, 0.717) is 0 Å². The van der Waals surface area contributed by atoms with Crippen LogP contribution >= 0.6 is 0 Å². The first-order chi connectivity index (χ1) is 9.98. The van der Waals surface area contributed by atoms with Gasteiger partial charge in [0.1, 0.15) is 11.5 Å². The van der Waals surface area contributed by atoms with Crippen molar-refractivity contribution in [3.63, 3.8) is 0 Å². The van der Waals surface area contributed by atoms with E-state index >= 15 is 0 Å². The molecule has 1 aliphatic rings. The molecular weight excluding hydrogens is 262 g/mol. The van der Waals surface area contributed by atoms with Crippen LogP contribution in [0.15, 0.2) is 18.2 Å². The van der Waals surface area contributed by atoms with Crippen molar-refractivity contribution >= 4 is 0 Å². The summed E-state index contributed by atoms with van der Waals surface area (Å²) in [5.74, 6) is 2.60. The van der Waals surface area contributed by atoms with Gasteiger partial charge in [-0.2, -0.15) is 0 Å². The van der Waals surface area contributed by atoms with Crippen LogP contribution in [-0.2, 0) is 6.54 Å². The largest absolute Gasteiger partial charge is 0.497 e. The van der Waals surface area contributed by atoms with Crippen molar-refractivity contribution in [1.29, 1.82) is 0 Å². The zero-order valence-corrected chi connectivity index (χ0v) is 13.9. The third-order valence-corrected chi connectivity index (χ3v) is 4.03. The van der Waals surface area contributed by atoms with Gasteiger partial charge < -0.3 is 14.8 Å². The lowest BCUT2D eigenvalue weighted by Crippen LogP contribution is -2.35. The number of ether oxygens (including phenoxy) is 2. The molecule has 1 N–H and O–H groups in total. The van der Waals surface area contributed by atoms with Crippen LogP contribution in [0.4, 0.5) is 0 Å². The van der Waals surface area contributed by atoms with E-state index in [-0.39, 0.29) is 5.54 Å². The van der Waals surface area contributed by atoms with Gasteiger partial charge in [0.05, 0.1) is 13.7 Å². The molecule has 1 aromatic carbocycles. The molecular formula is C18H29NO2. The van der Waals surface area contributed by atoms with E-state index in [1.165, 1.54) is 31.2 Å². The van der Waals surface area contributed by atoms with Gasteiger partial charge in [0.15, 0.2) is 0 Å². The molecule has 1 aromatic rings. The summed E-state index contributed by atoms with van der Waals surface area (Å²) in [5.41, 5.74) is 1.26. The lowest BCUT2D eigenvalue weighted by atomic mass is 10.1.